The number of nitrogens with zero attached hydrogens (tertiary/aromatic N) is 2. The highest BCUT2D eigenvalue weighted by Gasteiger charge is 2.08. The zero-order chi connectivity index (χ0) is 14.1. The molecular formula is C14H10BrFN4. The number of aromatic nitrogens is 2. The maximum absolute atomic E-state index is 13.8. The van der Waals surface area contributed by atoms with Crippen molar-refractivity contribution in [1.29, 1.82) is 0 Å². The summed E-state index contributed by atoms with van der Waals surface area (Å²) in [6.07, 6.45) is 1.42. The summed E-state index contributed by atoms with van der Waals surface area (Å²) in [5, 5.41) is 3.76. The molecule has 3 rings (SSSR count). The Bertz CT molecular complexity index is 791. The Labute approximate surface area is 123 Å². The molecule has 100 valence electrons. The first-order valence-corrected chi connectivity index (χ1v) is 6.65. The Morgan fingerprint density at radius 1 is 1.10 bits per heavy atom. The quantitative estimate of drug-likeness (QED) is 0.699. The molecule has 3 N–H and O–H groups in total. The van der Waals surface area contributed by atoms with Gasteiger partial charge in [-0.15, -0.1) is 0 Å². The Kier molecular flexibility index (Phi) is 3.23. The number of fused-ring (bicyclic) bond motifs is 1. The molecule has 20 heavy (non-hydrogen) atoms. The van der Waals surface area contributed by atoms with Crippen molar-refractivity contribution >= 4 is 44.0 Å². The third-order valence-electron chi connectivity index (χ3n) is 2.84. The van der Waals surface area contributed by atoms with Gasteiger partial charge in [0, 0.05) is 15.5 Å². The number of anilines is 3. The zero-order valence-corrected chi connectivity index (χ0v) is 11.9. The van der Waals surface area contributed by atoms with E-state index >= 15 is 0 Å². The molecule has 1 aromatic heterocycles. The van der Waals surface area contributed by atoms with Gasteiger partial charge in [-0.05, 0) is 36.4 Å². The van der Waals surface area contributed by atoms with Gasteiger partial charge in [-0.2, -0.15) is 0 Å². The first-order chi connectivity index (χ1) is 9.63. The molecule has 3 aromatic rings. The molecule has 0 saturated heterocycles. The summed E-state index contributed by atoms with van der Waals surface area (Å²) in [5.41, 5.74) is 7.39. The van der Waals surface area contributed by atoms with Crippen LogP contribution >= 0.6 is 15.9 Å². The minimum Gasteiger partial charge on any atom is -0.399 e. The first-order valence-electron chi connectivity index (χ1n) is 5.86. The molecule has 0 aliphatic carbocycles. The smallest absolute Gasteiger partial charge is 0.146 e. The van der Waals surface area contributed by atoms with Gasteiger partial charge in [0.2, 0.25) is 0 Å². The Hall–Kier alpha value is -2.21. The van der Waals surface area contributed by atoms with Crippen LogP contribution in [0.5, 0.6) is 0 Å². The lowest BCUT2D eigenvalue weighted by molar-refractivity contribution is 0.631. The second kappa shape index (κ2) is 5.05. The second-order valence-electron chi connectivity index (χ2n) is 4.25. The van der Waals surface area contributed by atoms with Gasteiger partial charge in [0.25, 0.3) is 0 Å². The Morgan fingerprint density at radius 2 is 1.95 bits per heavy atom. The highest BCUT2D eigenvalue weighted by atomic mass is 79.9. The average molecular weight is 333 g/mol. The highest BCUT2D eigenvalue weighted by Crippen LogP contribution is 2.27. The van der Waals surface area contributed by atoms with Crippen molar-refractivity contribution in [3.8, 4) is 0 Å². The molecule has 6 heteroatoms. The molecule has 2 aromatic carbocycles. The highest BCUT2D eigenvalue weighted by molar-refractivity contribution is 9.10. The monoisotopic (exact) mass is 332 g/mol. The number of benzene rings is 2. The van der Waals surface area contributed by atoms with Crippen LogP contribution in [0.2, 0.25) is 0 Å². The van der Waals surface area contributed by atoms with Gasteiger partial charge in [-0.1, -0.05) is 15.9 Å². The lowest BCUT2D eigenvalue weighted by atomic mass is 10.2. The molecule has 0 atom stereocenters. The predicted molar refractivity (Wildman–Crippen MR) is 81.3 cm³/mol. The van der Waals surface area contributed by atoms with Crippen LogP contribution in [-0.4, -0.2) is 9.97 Å². The average Bonchev–Trinajstić information content (AvgIpc) is 2.43. The second-order valence-corrected chi connectivity index (χ2v) is 5.16. The van der Waals surface area contributed by atoms with E-state index in [2.05, 4.69) is 31.2 Å². The van der Waals surface area contributed by atoms with Gasteiger partial charge >= 0.3 is 0 Å². The van der Waals surface area contributed by atoms with E-state index in [0.29, 0.717) is 22.7 Å². The molecular weight excluding hydrogens is 323 g/mol. The zero-order valence-electron chi connectivity index (χ0n) is 10.3. The third kappa shape index (κ3) is 2.42. The lowest BCUT2D eigenvalue weighted by Gasteiger charge is -2.09. The summed E-state index contributed by atoms with van der Waals surface area (Å²) >= 11 is 3.31. The molecule has 0 radical (unpaired) electrons. The standard InChI is InChI=1S/C14H10BrFN4/c15-8-1-4-11(16)13(5-8)20-14-10-3-2-9(17)6-12(10)18-7-19-14/h1-7H,17H2,(H,18,19,20). The molecule has 0 aliphatic rings. The summed E-state index contributed by atoms with van der Waals surface area (Å²) < 4.78 is 14.6. The molecule has 0 aliphatic heterocycles. The van der Waals surface area contributed by atoms with Crippen LogP contribution in [-0.2, 0) is 0 Å². The maximum Gasteiger partial charge on any atom is 0.146 e. The summed E-state index contributed by atoms with van der Waals surface area (Å²) in [7, 11) is 0. The molecule has 0 bridgehead atoms. The van der Waals surface area contributed by atoms with E-state index in [1.165, 1.54) is 12.4 Å². The van der Waals surface area contributed by atoms with Crippen molar-refractivity contribution in [3.63, 3.8) is 0 Å². The largest absolute Gasteiger partial charge is 0.399 e. The van der Waals surface area contributed by atoms with Gasteiger partial charge in [0.15, 0.2) is 0 Å². The summed E-state index contributed by atoms with van der Waals surface area (Å²) in [4.78, 5) is 8.31. The minimum atomic E-state index is -0.351. The van der Waals surface area contributed by atoms with Crippen LogP contribution in [0.4, 0.5) is 21.6 Å². The van der Waals surface area contributed by atoms with Crippen LogP contribution < -0.4 is 11.1 Å². The van der Waals surface area contributed by atoms with Crippen molar-refractivity contribution < 1.29 is 4.39 Å². The predicted octanol–water partition coefficient (Wildman–Crippen LogP) is 3.86. The van der Waals surface area contributed by atoms with Crippen molar-refractivity contribution in [2.45, 2.75) is 0 Å². The van der Waals surface area contributed by atoms with Gasteiger partial charge < -0.3 is 11.1 Å². The van der Waals surface area contributed by atoms with Crippen molar-refractivity contribution in [1.82, 2.24) is 9.97 Å². The number of hydrogen-bond donors (Lipinski definition) is 2. The van der Waals surface area contributed by atoms with Gasteiger partial charge in [-0.3, -0.25) is 0 Å². The number of rotatable bonds is 2. The fourth-order valence-electron chi connectivity index (χ4n) is 1.89. The van der Waals surface area contributed by atoms with E-state index in [9.17, 15) is 4.39 Å². The first kappa shape index (κ1) is 12.8. The molecule has 0 saturated carbocycles. The fourth-order valence-corrected chi connectivity index (χ4v) is 2.26. The van der Waals surface area contributed by atoms with Crippen molar-refractivity contribution in [3.05, 3.63) is 53.0 Å². The molecule has 0 spiro atoms. The molecule has 0 unspecified atom stereocenters. The fraction of sp³-hybridized carbons (Fsp3) is 0. The van der Waals surface area contributed by atoms with Crippen molar-refractivity contribution in [2.24, 2.45) is 0 Å². The normalized spacial score (nSPS) is 10.7. The van der Waals surface area contributed by atoms with E-state index < -0.39 is 0 Å². The summed E-state index contributed by atoms with van der Waals surface area (Å²) in [6, 6.07) is 9.99. The molecule has 0 amide bonds. The van der Waals surface area contributed by atoms with Gasteiger partial charge in [-0.25, -0.2) is 14.4 Å². The summed E-state index contributed by atoms with van der Waals surface area (Å²) in [6.45, 7) is 0. The number of halogens is 2. The number of hydrogen-bond acceptors (Lipinski definition) is 4. The van der Waals surface area contributed by atoms with E-state index in [1.807, 2.05) is 6.07 Å². The number of nitrogen functional groups attached to an aromatic ring is 1. The topological polar surface area (TPSA) is 63.8 Å². The van der Waals surface area contributed by atoms with Crippen LogP contribution in [0.3, 0.4) is 0 Å². The third-order valence-corrected chi connectivity index (χ3v) is 3.34. The van der Waals surface area contributed by atoms with E-state index in [4.69, 9.17) is 5.73 Å². The SMILES string of the molecule is Nc1ccc2c(Nc3cc(Br)ccc3F)ncnc2c1. The van der Waals surface area contributed by atoms with E-state index in [0.717, 1.165) is 9.86 Å². The number of nitrogens with two attached hydrogens (primary N) is 1. The van der Waals surface area contributed by atoms with Crippen molar-refractivity contribution in [2.75, 3.05) is 11.1 Å². The Balaban J connectivity index is 2.09. The number of nitrogens with one attached hydrogen (secondary N) is 1. The lowest BCUT2D eigenvalue weighted by Crippen LogP contribution is -1.98. The molecule has 4 nitrogen and oxygen atoms in total. The van der Waals surface area contributed by atoms with Gasteiger partial charge in [0.1, 0.15) is 18.0 Å². The van der Waals surface area contributed by atoms with Crippen LogP contribution in [0, 0.1) is 5.82 Å². The Morgan fingerprint density at radius 3 is 2.80 bits per heavy atom. The van der Waals surface area contributed by atoms with Crippen LogP contribution in [0.15, 0.2) is 47.2 Å². The molecule has 0 fully saturated rings. The maximum atomic E-state index is 13.8. The minimum absolute atomic E-state index is 0.344. The van der Waals surface area contributed by atoms with E-state index in [-0.39, 0.29) is 5.82 Å². The van der Waals surface area contributed by atoms with Crippen LogP contribution in [0.25, 0.3) is 10.9 Å². The van der Waals surface area contributed by atoms with Gasteiger partial charge in [0.05, 0.1) is 11.2 Å². The van der Waals surface area contributed by atoms with Crippen LogP contribution in [0.1, 0.15) is 0 Å². The van der Waals surface area contributed by atoms with E-state index in [1.54, 1.807) is 24.3 Å². The molecule has 1 heterocycles. The summed E-state index contributed by atoms with van der Waals surface area (Å²) in [5.74, 6) is 0.183.